The van der Waals surface area contributed by atoms with E-state index in [2.05, 4.69) is 10.6 Å². The maximum atomic E-state index is 11.1. The lowest BCUT2D eigenvalue weighted by molar-refractivity contribution is -0.115. The van der Waals surface area contributed by atoms with Crippen LogP contribution in [0.3, 0.4) is 0 Å². The van der Waals surface area contributed by atoms with Crippen molar-refractivity contribution in [2.24, 2.45) is 5.73 Å². The fraction of sp³-hybridized carbons (Fsp3) is 0.111. The summed E-state index contributed by atoms with van der Waals surface area (Å²) in [6.45, 7) is -0.121. The van der Waals surface area contributed by atoms with Gasteiger partial charge in [-0.25, -0.2) is 4.79 Å². The SMILES string of the molecule is NC(=O)NCC(=O)Nc1ccccc1. The molecule has 0 aliphatic heterocycles. The van der Waals surface area contributed by atoms with Gasteiger partial charge in [-0.15, -0.1) is 0 Å². The molecule has 1 rings (SSSR count). The van der Waals surface area contributed by atoms with Gasteiger partial charge in [0.25, 0.3) is 0 Å². The number of benzene rings is 1. The number of hydrogen-bond donors (Lipinski definition) is 3. The van der Waals surface area contributed by atoms with E-state index in [1.165, 1.54) is 0 Å². The first-order chi connectivity index (χ1) is 6.68. The van der Waals surface area contributed by atoms with Gasteiger partial charge in [-0.3, -0.25) is 4.79 Å². The van der Waals surface area contributed by atoms with Crippen LogP contribution in [0.2, 0.25) is 0 Å². The molecular weight excluding hydrogens is 182 g/mol. The molecule has 74 valence electrons. The molecule has 5 nitrogen and oxygen atoms in total. The number of rotatable bonds is 3. The molecule has 5 heteroatoms. The van der Waals surface area contributed by atoms with E-state index in [9.17, 15) is 9.59 Å². The molecule has 0 radical (unpaired) electrons. The van der Waals surface area contributed by atoms with E-state index in [4.69, 9.17) is 5.73 Å². The standard InChI is InChI=1S/C9H11N3O2/c10-9(14)11-6-8(13)12-7-4-2-1-3-5-7/h1-5H,6H2,(H,12,13)(H3,10,11,14). The fourth-order valence-corrected chi connectivity index (χ4v) is 0.894. The number of carbonyl (C=O) groups is 2. The summed E-state index contributed by atoms with van der Waals surface area (Å²) in [6, 6.07) is 8.24. The van der Waals surface area contributed by atoms with Crippen molar-refractivity contribution < 1.29 is 9.59 Å². The van der Waals surface area contributed by atoms with Gasteiger partial charge in [0.05, 0.1) is 6.54 Å². The highest BCUT2D eigenvalue weighted by molar-refractivity contribution is 5.94. The van der Waals surface area contributed by atoms with Crippen LogP contribution in [0.1, 0.15) is 0 Å². The van der Waals surface area contributed by atoms with E-state index in [1.807, 2.05) is 6.07 Å². The van der Waals surface area contributed by atoms with Gasteiger partial charge >= 0.3 is 6.03 Å². The maximum Gasteiger partial charge on any atom is 0.312 e. The van der Waals surface area contributed by atoms with E-state index in [0.717, 1.165) is 0 Å². The number of hydrogen-bond acceptors (Lipinski definition) is 2. The Morgan fingerprint density at radius 1 is 1.21 bits per heavy atom. The topological polar surface area (TPSA) is 84.2 Å². The van der Waals surface area contributed by atoms with Crippen molar-refractivity contribution in [3.63, 3.8) is 0 Å². The largest absolute Gasteiger partial charge is 0.352 e. The smallest absolute Gasteiger partial charge is 0.312 e. The first kappa shape index (κ1) is 10.0. The zero-order valence-corrected chi connectivity index (χ0v) is 7.49. The predicted molar refractivity (Wildman–Crippen MR) is 52.7 cm³/mol. The zero-order chi connectivity index (χ0) is 10.4. The van der Waals surface area contributed by atoms with Crippen LogP contribution in [0.15, 0.2) is 30.3 Å². The molecule has 14 heavy (non-hydrogen) atoms. The maximum absolute atomic E-state index is 11.1. The van der Waals surface area contributed by atoms with Crippen LogP contribution < -0.4 is 16.4 Å². The molecule has 0 saturated heterocycles. The Morgan fingerprint density at radius 3 is 2.43 bits per heavy atom. The number of para-hydroxylation sites is 1. The van der Waals surface area contributed by atoms with Crippen LogP contribution in [-0.2, 0) is 4.79 Å². The van der Waals surface area contributed by atoms with Crippen LogP contribution in [0.5, 0.6) is 0 Å². The third kappa shape index (κ3) is 3.57. The minimum Gasteiger partial charge on any atom is -0.352 e. The highest BCUT2D eigenvalue weighted by Crippen LogP contribution is 2.03. The summed E-state index contributed by atoms with van der Waals surface area (Å²) in [5.74, 6) is -0.310. The van der Waals surface area contributed by atoms with E-state index in [0.29, 0.717) is 5.69 Å². The summed E-state index contributed by atoms with van der Waals surface area (Å²) in [5, 5.41) is 4.78. The molecule has 1 aromatic rings. The minimum atomic E-state index is -0.715. The van der Waals surface area contributed by atoms with Gasteiger partial charge in [-0.05, 0) is 12.1 Å². The highest BCUT2D eigenvalue weighted by atomic mass is 16.2. The average Bonchev–Trinajstić information content (AvgIpc) is 2.16. The van der Waals surface area contributed by atoms with E-state index in [-0.39, 0.29) is 12.5 Å². The highest BCUT2D eigenvalue weighted by Gasteiger charge is 2.01. The van der Waals surface area contributed by atoms with Gasteiger partial charge in [0.15, 0.2) is 0 Å². The number of primary amides is 1. The second-order valence-electron chi connectivity index (χ2n) is 2.63. The van der Waals surface area contributed by atoms with Gasteiger partial charge in [0, 0.05) is 5.69 Å². The molecule has 0 atom stereocenters. The molecule has 0 heterocycles. The molecule has 4 N–H and O–H groups in total. The number of anilines is 1. The van der Waals surface area contributed by atoms with E-state index in [1.54, 1.807) is 24.3 Å². The van der Waals surface area contributed by atoms with Crippen LogP contribution in [0.25, 0.3) is 0 Å². The molecule has 0 unspecified atom stereocenters. The van der Waals surface area contributed by atoms with Crippen molar-refractivity contribution in [1.29, 1.82) is 0 Å². The van der Waals surface area contributed by atoms with Crippen LogP contribution in [0.4, 0.5) is 10.5 Å². The van der Waals surface area contributed by atoms with Gasteiger partial charge in [-0.2, -0.15) is 0 Å². The zero-order valence-electron chi connectivity index (χ0n) is 7.49. The molecule has 1 aromatic carbocycles. The van der Waals surface area contributed by atoms with Gasteiger partial charge < -0.3 is 16.4 Å². The normalized spacial score (nSPS) is 9.14. The number of nitrogens with one attached hydrogen (secondary N) is 2. The Balaban J connectivity index is 2.38. The Labute approximate surface area is 81.3 Å². The Morgan fingerprint density at radius 2 is 1.86 bits per heavy atom. The third-order valence-electron chi connectivity index (χ3n) is 1.48. The first-order valence-corrected chi connectivity index (χ1v) is 4.06. The molecular formula is C9H11N3O2. The number of amides is 3. The van der Waals surface area contributed by atoms with Crippen LogP contribution >= 0.6 is 0 Å². The molecule has 3 amide bonds. The number of carbonyl (C=O) groups excluding carboxylic acids is 2. The second-order valence-corrected chi connectivity index (χ2v) is 2.63. The summed E-state index contributed by atoms with van der Waals surface area (Å²) in [5.41, 5.74) is 5.49. The summed E-state index contributed by atoms with van der Waals surface area (Å²) < 4.78 is 0. The number of urea groups is 1. The minimum absolute atomic E-state index is 0.121. The number of nitrogens with two attached hydrogens (primary N) is 1. The lowest BCUT2D eigenvalue weighted by Gasteiger charge is -2.04. The molecule has 0 aliphatic rings. The van der Waals surface area contributed by atoms with Crippen LogP contribution in [0, 0.1) is 0 Å². The van der Waals surface area contributed by atoms with Crippen molar-refractivity contribution >= 4 is 17.6 Å². The summed E-state index contributed by atoms with van der Waals surface area (Å²) in [4.78, 5) is 21.4. The Hall–Kier alpha value is -2.04. The Bertz CT molecular complexity index is 324. The van der Waals surface area contributed by atoms with E-state index < -0.39 is 6.03 Å². The van der Waals surface area contributed by atoms with Crippen molar-refractivity contribution in [3.05, 3.63) is 30.3 Å². The monoisotopic (exact) mass is 193 g/mol. The average molecular weight is 193 g/mol. The van der Waals surface area contributed by atoms with Crippen LogP contribution in [-0.4, -0.2) is 18.5 Å². The first-order valence-electron chi connectivity index (χ1n) is 4.06. The third-order valence-corrected chi connectivity index (χ3v) is 1.48. The summed E-state index contributed by atoms with van der Waals surface area (Å²) in [6.07, 6.45) is 0. The van der Waals surface area contributed by atoms with Gasteiger partial charge in [0.2, 0.25) is 5.91 Å². The van der Waals surface area contributed by atoms with E-state index >= 15 is 0 Å². The summed E-state index contributed by atoms with van der Waals surface area (Å²) in [7, 11) is 0. The van der Waals surface area contributed by atoms with Crippen molar-refractivity contribution in [1.82, 2.24) is 5.32 Å². The van der Waals surface area contributed by atoms with Crippen molar-refractivity contribution in [2.75, 3.05) is 11.9 Å². The molecule has 0 aromatic heterocycles. The van der Waals surface area contributed by atoms with Gasteiger partial charge in [-0.1, -0.05) is 18.2 Å². The quantitative estimate of drug-likeness (QED) is 0.644. The predicted octanol–water partition coefficient (Wildman–Crippen LogP) is 0.293. The molecule has 0 spiro atoms. The fourth-order valence-electron chi connectivity index (χ4n) is 0.894. The second kappa shape index (κ2) is 4.86. The lowest BCUT2D eigenvalue weighted by Crippen LogP contribution is -2.36. The molecule has 0 bridgehead atoms. The molecule has 0 fully saturated rings. The van der Waals surface area contributed by atoms with Crippen molar-refractivity contribution in [2.45, 2.75) is 0 Å². The van der Waals surface area contributed by atoms with Gasteiger partial charge in [0.1, 0.15) is 0 Å². The molecule has 0 saturated carbocycles. The van der Waals surface area contributed by atoms with Crippen molar-refractivity contribution in [3.8, 4) is 0 Å². The molecule has 0 aliphatic carbocycles. The summed E-state index contributed by atoms with van der Waals surface area (Å²) >= 11 is 0. The Kier molecular flexibility index (Phi) is 3.49. The lowest BCUT2D eigenvalue weighted by atomic mass is 10.3.